The van der Waals surface area contributed by atoms with Gasteiger partial charge in [0.25, 0.3) is 0 Å². The second kappa shape index (κ2) is 6.76. The predicted molar refractivity (Wildman–Crippen MR) is 96.7 cm³/mol. The molecule has 0 saturated heterocycles. The quantitative estimate of drug-likeness (QED) is 0.459. The van der Waals surface area contributed by atoms with Gasteiger partial charge in [-0.3, -0.25) is 0 Å². The Kier molecular flexibility index (Phi) is 4.28. The lowest BCUT2D eigenvalue weighted by atomic mass is 9.76. The van der Waals surface area contributed by atoms with E-state index >= 15 is 4.39 Å². The molecule has 27 heavy (non-hydrogen) atoms. The number of hydrogen-bond acceptors (Lipinski definition) is 1. The molecule has 5 heteroatoms. The Morgan fingerprint density at radius 2 is 1.52 bits per heavy atom. The van der Waals surface area contributed by atoms with Gasteiger partial charge in [0, 0.05) is 18.0 Å². The first-order chi connectivity index (χ1) is 13.1. The Balaban J connectivity index is 2.16. The average molecular weight is 364 g/mol. The third-order valence-corrected chi connectivity index (χ3v) is 4.66. The highest BCUT2D eigenvalue weighted by Crippen LogP contribution is 2.42. The van der Waals surface area contributed by atoms with E-state index in [9.17, 15) is 8.78 Å². The number of halogens is 3. The van der Waals surface area contributed by atoms with Crippen LogP contribution in [0, 0.1) is 17.5 Å². The van der Waals surface area contributed by atoms with Crippen LogP contribution >= 0.6 is 0 Å². The molecule has 134 valence electrons. The second-order valence-corrected chi connectivity index (χ2v) is 6.18. The Hall–Kier alpha value is -3.34. The summed E-state index contributed by atoms with van der Waals surface area (Å²) in [6.07, 6.45) is 4.79. The van der Waals surface area contributed by atoms with E-state index < -0.39 is 23.0 Å². The minimum Gasteiger partial charge on any atom is -0.319 e. The van der Waals surface area contributed by atoms with Crippen molar-refractivity contribution in [1.29, 1.82) is 0 Å². The van der Waals surface area contributed by atoms with Crippen molar-refractivity contribution < 1.29 is 13.2 Å². The molecule has 3 aromatic carbocycles. The Labute approximate surface area is 154 Å². The third-order valence-electron chi connectivity index (χ3n) is 4.66. The zero-order valence-electron chi connectivity index (χ0n) is 14.2. The zero-order valence-corrected chi connectivity index (χ0v) is 14.2. The Morgan fingerprint density at radius 3 is 2.19 bits per heavy atom. The maximum absolute atomic E-state index is 15.0. The molecular weight excluding hydrogens is 349 g/mol. The molecule has 1 heterocycles. The highest BCUT2D eigenvalue weighted by Gasteiger charge is 2.40. The smallest absolute Gasteiger partial charge is 0.129 e. The van der Waals surface area contributed by atoms with Crippen LogP contribution in [-0.2, 0) is 5.54 Å². The first kappa shape index (κ1) is 17.1. The number of imidazole rings is 1. The zero-order chi connectivity index (χ0) is 18.9. The summed E-state index contributed by atoms with van der Waals surface area (Å²) in [5, 5.41) is 0. The summed E-state index contributed by atoms with van der Waals surface area (Å²) >= 11 is 0. The fourth-order valence-corrected chi connectivity index (χ4v) is 3.53. The van der Waals surface area contributed by atoms with Gasteiger partial charge in [0.1, 0.15) is 23.0 Å². The first-order valence-electron chi connectivity index (χ1n) is 8.38. The average Bonchev–Trinajstić information content (AvgIpc) is 3.20. The van der Waals surface area contributed by atoms with E-state index in [-0.39, 0.29) is 0 Å². The largest absolute Gasteiger partial charge is 0.319 e. The Bertz CT molecular complexity index is 1060. The van der Waals surface area contributed by atoms with Crippen molar-refractivity contribution in [3.8, 4) is 0 Å². The minimum atomic E-state index is -1.25. The van der Waals surface area contributed by atoms with E-state index in [1.165, 1.54) is 30.3 Å². The van der Waals surface area contributed by atoms with Gasteiger partial charge < -0.3 is 4.57 Å². The van der Waals surface area contributed by atoms with Gasteiger partial charge in [0.05, 0.1) is 6.33 Å². The van der Waals surface area contributed by atoms with Crippen molar-refractivity contribution in [3.05, 3.63) is 126 Å². The van der Waals surface area contributed by atoms with Crippen molar-refractivity contribution in [2.45, 2.75) is 5.54 Å². The topological polar surface area (TPSA) is 17.8 Å². The summed E-state index contributed by atoms with van der Waals surface area (Å²) in [5.41, 5.74) is 0.132. The van der Waals surface area contributed by atoms with Crippen LogP contribution in [0.3, 0.4) is 0 Å². The Morgan fingerprint density at radius 1 is 0.741 bits per heavy atom. The SMILES string of the molecule is Fc1ccc(C(c2cccc(F)c2)(c2ccccc2F)n2ccnc2)cc1. The van der Waals surface area contributed by atoms with Crippen LogP contribution in [0.1, 0.15) is 16.7 Å². The molecule has 0 aliphatic rings. The number of aromatic nitrogens is 2. The second-order valence-electron chi connectivity index (χ2n) is 6.18. The summed E-state index contributed by atoms with van der Waals surface area (Å²) in [5.74, 6) is -1.32. The number of nitrogens with zero attached hydrogens (tertiary/aromatic N) is 2. The van der Waals surface area contributed by atoms with Crippen molar-refractivity contribution in [2.75, 3.05) is 0 Å². The molecule has 1 unspecified atom stereocenters. The van der Waals surface area contributed by atoms with Crippen molar-refractivity contribution >= 4 is 0 Å². The fourth-order valence-electron chi connectivity index (χ4n) is 3.53. The molecule has 0 amide bonds. The summed E-state index contributed by atoms with van der Waals surface area (Å²) in [4.78, 5) is 4.11. The van der Waals surface area contributed by atoms with E-state index in [0.29, 0.717) is 16.7 Å². The molecule has 0 spiro atoms. The standard InChI is InChI=1S/C22H15F3N2/c23-18-10-8-16(9-11-18)22(27-13-12-26-15-27,17-4-3-5-19(24)14-17)20-6-1-2-7-21(20)25/h1-15H. The molecule has 0 saturated carbocycles. The van der Waals surface area contributed by atoms with Crippen LogP contribution in [0.15, 0.2) is 91.5 Å². The molecule has 0 aliphatic carbocycles. The monoisotopic (exact) mass is 364 g/mol. The van der Waals surface area contributed by atoms with Gasteiger partial charge in [-0.2, -0.15) is 0 Å². The van der Waals surface area contributed by atoms with Crippen LogP contribution in [-0.4, -0.2) is 9.55 Å². The molecule has 0 N–H and O–H groups in total. The van der Waals surface area contributed by atoms with Crippen LogP contribution in [0.5, 0.6) is 0 Å². The van der Waals surface area contributed by atoms with E-state index in [0.717, 1.165) is 0 Å². The molecule has 0 radical (unpaired) electrons. The molecule has 0 fully saturated rings. The van der Waals surface area contributed by atoms with E-state index in [2.05, 4.69) is 4.98 Å². The fraction of sp³-hybridized carbons (Fsp3) is 0.0455. The lowest BCUT2D eigenvalue weighted by Gasteiger charge is -2.37. The molecule has 1 aromatic heterocycles. The van der Waals surface area contributed by atoms with Crippen LogP contribution in [0.25, 0.3) is 0 Å². The van der Waals surface area contributed by atoms with Gasteiger partial charge in [-0.05, 0) is 41.5 Å². The van der Waals surface area contributed by atoms with Crippen LogP contribution in [0.2, 0.25) is 0 Å². The summed E-state index contributed by atoms with van der Waals surface area (Å²) < 4.78 is 44.5. The molecule has 0 aliphatic heterocycles. The normalized spacial score (nSPS) is 13.3. The van der Waals surface area contributed by atoms with Gasteiger partial charge in [-0.15, -0.1) is 0 Å². The molecule has 0 bridgehead atoms. The maximum atomic E-state index is 15.0. The lowest BCUT2D eigenvalue weighted by molar-refractivity contribution is 0.474. The van der Waals surface area contributed by atoms with Crippen molar-refractivity contribution in [3.63, 3.8) is 0 Å². The number of benzene rings is 3. The molecule has 2 nitrogen and oxygen atoms in total. The van der Waals surface area contributed by atoms with Gasteiger partial charge >= 0.3 is 0 Å². The summed E-state index contributed by atoms with van der Waals surface area (Å²) in [7, 11) is 0. The summed E-state index contributed by atoms with van der Waals surface area (Å²) in [6, 6.07) is 18.0. The van der Waals surface area contributed by atoms with Crippen LogP contribution < -0.4 is 0 Å². The van der Waals surface area contributed by atoms with Gasteiger partial charge in [0.15, 0.2) is 0 Å². The number of rotatable bonds is 4. The van der Waals surface area contributed by atoms with E-state index in [1.807, 2.05) is 0 Å². The van der Waals surface area contributed by atoms with Gasteiger partial charge in [-0.1, -0.05) is 42.5 Å². The molecule has 4 rings (SSSR count). The van der Waals surface area contributed by atoms with E-state index in [4.69, 9.17) is 0 Å². The summed E-state index contributed by atoms with van der Waals surface area (Å²) in [6.45, 7) is 0. The van der Waals surface area contributed by atoms with Crippen molar-refractivity contribution in [1.82, 2.24) is 9.55 Å². The highest BCUT2D eigenvalue weighted by atomic mass is 19.1. The third kappa shape index (κ3) is 2.81. The minimum absolute atomic E-state index is 0.306. The lowest BCUT2D eigenvalue weighted by Crippen LogP contribution is -2.38. The van der Waals surface area contributed by atoms with Gasteiger partial charge in [0.2, 0.25) is 0 Å². The molecular formula is C22H15F3N2. The first-order valence-corrected chi connectivity index (χ1v) is 8.38. The van der Waals surface area contributed by atoms with Gasteiger partial charge in [-0.25, -0.2) is 18.2 Å². The molecule has 4 aromatic rings. The van der Waals surface area contributed by atoms with Crippen LogP contribution in [0.4, 0.5) is 13.2 Å². The molecule has 1 atom stereocenters. The highest BCUT2D eigenvalue weighted by molar-refractivity contribution is 5.51. The maximum Gasteiger partial charge on any atom is 0.129 e. The van der Waals surface area contributed by atoms with E-state index in [1.54, 1.807) is 65.8 Å². The predicted octanol–water partition coefficient (Wildman–Crippen LogP) is 5.14. The number of hydrogen-bond donors (Lipinski definition) is 0. The van der Waals surface area contributed by atoms with Crippen molar-refractivity contribution in [2.24, 2.45) is 0 Å².